The van der Waals surface area contributed by atoms with Gasteiger partial charge in [0.25, 0.3) is 10.2 Å². The van der Waals surface area contributed by atoms with Crippen LogP contribution in [-0.2, 0) is 19.7 Å². The van der Waals surface area contributed by atoms with E-state index in [1.807, 2.05) is 18.7 Å². The Morgan fingerprint density at radius 3 is 2.36 bits per heavy atom. The largest absolute Gasteiger partial charge is 0.381 e. The summed E-state index contributed by atoms with van der Waals surface area (Å²) in [5.74, 6) is 0.143. The molecule has 8 heteroatoms. The number of likely N-dealkylation sites (tertiary alicyclic amines) is 1. The third-order valence-corrected chi connectivity index (χ3v) is 8.08. The van der Waals surface area contributed by atoms with Gasteiger partial charge in [-0.1, -0.05) is 0 Å². The van der Waals surface area contributed by atoms with E-state index in [1.165, 1.54) is 0 Å². The van der Waals surface area contributed by atoms with Gasteiger partial charge in [-0.25, -0.2) is 0 Å². The number of hydrogen-bond acceptors (Lipinski definition) is 4. The maximum absolute atomic E-state index is 13.0. The standard InChI is InChI=1S/C17H31N3O4S/c1-14(2)20-9-4-7-17(16(20)21)8-12-19(13-17)25(22,23)18-10-5-15(24-3)6-11-18/h14-15H,4-13H2,1-3H3. The molecule has 1 atom stereocenters. The first-order valence-electron chi connectivity index (χ1n) is 9.39. The Balaban J connectivity index is 1.70. The number of ether oxygens (including phenoxy) is 1. The zero-order valence-electron chi connectivity index (χ0n) is 15.6. The average Bonchev–Trinajstić information content (AvgIpc) is 3.03. The molecule has 0 aromatic carbocycles. The molecule has 1 unspecified atom stereocenters. The van der Waals surface area contributed by atoms with Crippen LogP contribution in [0.4, 0.5) is 0 Å². The Labute approximate surface area is 151 Å². The minimum absolute atomic E-state index is 0.143. The minimum Gasteiger partial charge on any atom is -0.381 e. The molecule has 1 amide bonds. The fraction of sp³-hybridized carbons (Fsp3) is 0.941. The molecule has 7 nitrogen and oxygen atoms in total. The lowest BCUT2D eigenvalue weighted by Crippen LogP contribution is -2.53. The van der Waals surface area contributed by atoms with E-state index in [4.69, 9.17) is 4.74 Å². The number of rotatable bonds is 4. The van der Waals surface area contributed by atoms with Crippen LogP contribution in [0.3, 0.4) is 0 Å². The zero-order valence-corrected chi connectivity index (χ0v) is 16.4. The summed E-state index contributed by atoms with van der Waals surface area (Å²) in [4.78, 5) is 14.9. The fourth-order valence-electron chi connectivity index (χ4n) is 4.47. The fourth-order valence-corrected chi connectivity index (χ4v) is 6.20. The third-order valence-electron chi connectivity index (χ3n) is 6.10. The van der Waals surface area contributed by atoms with Gasteiger partial charge in [0.2, 0.25) is 5.91 Å². The van der Waals surface area contributed by atoms with Gasteiger partial charge in [-0.2, -0.15) is 17.0 Å². The van der Waals surface area contributed by atoms with Crippen molar-refractivity contribution < 1.29 is 17.9 Å². The van der Waals surface area contributed by atoms with E-state index in [0.29, 0.717) is 32.6 Å². The summed E-state index contributed by atoms with van der Waals surface area (Å²) in [7, 11) is -1.81. The molecule has 3 fully saturated rings. The predicted octanol–water partition coefficient (Wildman–Crippen LogP) is 1.06. The molecule has 0 radical (unpaired) electrons. The summed E-state index contributed by atoms with van der Waals surface area (Å²) >= 11 is 0. The molecule has 144 valence electrons. The maximum atomic E-state index is 13.0. The Morgan fingerprint density at radius 1 is 1.08 bits per heavy atom. The van der Waals surface area contributed by atoms with E-state index >= 15 is 0 Å². The van der Waals surface area contributed by atoms with Crippen molar-refractivity contribution in [2.24, 2.45) is 5.41 Å². The highest BCUT2D eigenvalue weighted by Crippen LogP contribution is 2.42. The van der Waals surface area contributed by atoms with Gasteiger partial charge in [-0.05, 0) is 46.0 Å². The first kappa shape index (κ1) is 19.1. The first-order chi connectivity index (χ1) is 11.8. The Bertz CT molecular complexity index is 601. The van der Waals surface area contributed by atoms with Crippen molar-refractivity contribution in [3.05, 3.63) is 0 Å². The predicted molar refractivity (Wildman–Crippen MR) is 95.2 cm³/mol. The van der Waals surface area contributed by atoms with Gasteiger partial charge in [0.1, 0.15) is 0 Å². The number of hydrogen-bond donors (Lipinski definition) is 0. The topological polar surface area (TPSA) is 70.2 Å². The van der Waals surface area contributed by atoms with Crippen molar-refractivity contribution in [2.75, 3.05) is 39.8 Å². The summed E-state index contributed by atoms with van der Waals surface area (Å²) in [6.45, 7) is 6.62. The first-order valence-corrected chi connectivity index (χ1v) is 10.8. The van der Waals surface area contributed by atoms with E-state index in [2.05, 4.69) is 0 Å². The van der Waals surface area contributed by atoms with E-state index in [9.17, 15) is 13.2 Å². The molecule has 0 bridgehead atoms. The van der Waals surface area contributed by atoms with E-state index < -0.39 is 15.6 Å². The lowest BCUT2D eigenvalue weighted by molar-refractivity contribution is -0.147. The molecule has 3 heterocycles. The van der Waals surface area contributed by atoms with Crippen molar-refractivity contribution in [1.82, 2.24) is 13.5 Å². The monoisotopic (exact) mass is 373 g/mol. The number of carbonyl (C=O) groups is 1. The summed E-state index contributed by atoms with van der Waals surface area (Å²) in [6.07, 6.45) is 4.01. The van der Waals surface area contributed by atoms with Crippen LogP contribution in [-0.4, -0.2) is 79.8 Å². The van der Waals surface area contributed by atoms with Crippen LogP contribution in [0.15, 0.2) is 0 Å². The number of piperidine rings is 2. The van der Waals surface area contributed by atoms with Crippen LogP contribution in [0.25, 0.3) is 0 Å². The van der Waals surface area contributed by atoms with Gasteiger partial charge in [0.15, 0.2) is 0 Å². The van der Waals surface area contributed by atoms with Crippen LogP contribution in [0.5, 0.6) is 0 Å². The number of carbonyl (C=O) groups excluding carboxylic acids is 1. The molecule has 3 saturated heterocycles. The summed E-state index contributed by atoms with van der Waals surface area (Å²) < 4.78 is 34.5. The van der Waals surface area contributed by atoms with Gasteiger partial charge in [-0.15, -0.1) is 0 Å². The molecule has 3 rings (SSSR count). The Hall–Kier alpha value is -0.700. The molecule has 1 spiro atoms. The SMILES string of the molecule is COC1CCN(S(=O)(=O)N2CCC3(CCCN(C(C)C)C3=O)C2)CC1. The molecule has 0 aromatic heterocycles. The molecule has 3 aliphatic heterocycles. The lowest BCUT2D eigenvalue weighted by Gasteiger charge is -2.41. The molecule has 0 aromatic rings. The van der Waals surface area contributed by atoms with Crippen LogP contribution >= 0.6 is 0 Å². The molecule has 0 saturated carbocycles. The van der Waals surface area contributed by atoms with Crippen molar-refractivity contribution in [2.45, 2.75) is 58.1 Å². The van der Waals surface area contributed by atoms with Crippen molar-refractivity contribution in [3.8, 4) is 0 Å². The van der Waals surface area contributed by atoms with Crippen LogP contribution < -0.4 is 0 Å². The molecule has 0 N–H and O–H groups in total. The molecular formula is C17H31N3O4S. The normalized spacial score (nSPS) is 30.7. The van der Waals surface area contributed by atoms with Crippen LogP contribution in [0.2, 0.25) is 0 Å². The quantitative estimate of drug-likeness (QED) is 0.739. The van der Waals surface area contributed by atoms with E-state index in [1.54, 1.807) is 15.7 Å². The smallest absolute Gasteiger partial charge is 0.282 e. The zero-order chi connectivity index (χ0) is 18.2. The molecule has 0 aliphatic carbocycles. The molecule has 25 heavy (non-hydrogen) atoms. The maximum Gasteiger partial charge on any atom is 0.282 e. The highest BCUT2D eigenvalue weighted by molar-refractivity contribution is 7.86. The summed E-state index contributed by atoms with van der Waals surface area (Å²) in [5, 5.41) is 0. The third kappa shape index (κ3) is 3.46. The van der Waals surface area contributed by atoms with E-state index in [-0.39, 0.29) is 18.1 Å². The van der Waals surface area contributed by atoms with Gasteiger partial charge in [0.05, 0.1) is 11.5 Å². The lowest BCUT2D eigenvalue weighted by atomic mass is 9.78. The second-order valence-electron chi connectivity index (χ2n) is 7.90. The number of amides is 1. The summed E-state index contributed by atoms with van der Waals surface area (Å²) in [6, 6.07) is 0.170. The Kier molecular flexibility index (Phi) is 5.44. The molecule has 3 aliphatic rings. The Morgan fingerprint density at radius 2 is 1.76 bits per heavy atom. The van der Waals surface area contributed by atoms with Gasteiger partial charge >= 0.3 is 0 Å². The van der Waals surface area contributed by atoms with Crippen LogP contribution in [0, 0.1) is 5.41 Å². The van der Waals surface area contributed by atoms with Crippen molar-refractivity contribution >= 4 is 16.1 Å². The average molecular weight is 374 g/mol. The van der Waals surface area contributed by atoms with Gasteiger partial charge in [-0.3, -0.25) is 4.79 Å². The van der Waals surface area contributed by atoms with Crippen LogP contribution in [0.1, 0.15) is 46.0 Å². The van der Waals surface area contributed by atoms with E-state index in [0.717, 1.165) is 32.2 Å². The minimum atomic E-state index is -3.49. The number of methoxy groups -OCH3 is 1. The second-order valence-corrected chi connectivity index (χ2v) is 9.83. The molecular weight excluding hydrogens is 342 g/mol. The van der Waals surface area contributed by atoms with Gasteiger partial charge in [0, 0.05) is 45.9 Å². The highest BCUT2D eigenvalue weighted by atomic mass is 32.2. The van der Waals surface area contributed by atoms with Crippen molar-refractivity contribution in [1.29, 1.82) is 0 Å². The second kappa shape index (κ2) is 7.13. The number of nitrogens with zero attached hydrogens (tertiary/aromatic N) is 3. The van der Waals surface area contributed by atoms with Gasteiger partial charge < -0.3 is 9.64 Å². The summed E-state index contributed by atoms with van der Waals surface area (Å²) in [5.41, 5.74) is -0.513. The van der Waals surface area contributed by atoms with Crippen molar-refractivity contribution in [3.63, 3.8) is 0 Å². The highest BCUT2D eigenvalue weighted by Gasteiger charge is 2.52.